The second-order valence-electron chi connectivity index (χ2n) is 7.78. The molecule has 0 aliphatic carbocycles. The molecule has 0 bridgehead atoms. The third-order valence-corrected chi connectivity index (χ3v) is 5.69. The number of hydrogen-bond donors (Lipinski definition) is 0. The van der Waals surface area contributed by atoms with Crippen molar-refractivity contribution < 1.29 is 4.74 Å². The first-order chi connectivity index (χ1) is 15.2. The summed E-state index contributed by atoms with van der Waals surface area (Å²) in [5, 5.41) is 0.992. The topological polar surface area (TPSA) is 49.0 Å². The van der Waals surface area contributed by atoms with Crippen molar-refractivity contribution in [1.82, 2.24) is 14.1 Å². The number of aromatic nitrogens is 3. The number of aryl methyl sites for hydroxylation is 1. The first-order valence-electron chi connectivity index (χ1n) is 10.3. The standard InChI is InChI=1S/C26H23N3O2/c1-18-8-7-9-19(14-18)15-29-22-12-5-4-11-21(22)24-25(29)26(30)28(17-27-24)16-20-10-3-6-13-23(20)31-2/h3-14,17H,15-16H2,1-2H3. The van der Waals surface area contributed by atoms with Crippen molar-refractivity contribution in [2.75, 3.05) is 7.11 Å². The molecule has 154 valence electrons. The number of methoxy groups -OCH3 is 1. The molecule has 0 aliphatic heterocycles. The minimum absolute atomic E-state index is 0.0558. The average molecular weight is 409 g/mol. The summed E-state index contributed by atoms with van der Waals surface area (Å²) in [6, 6.07) is 24.2. The van der Waals surface area contributed by atoms with Crippen molar-refractivity contribution in [3.05, 3.63) is 106 Å². The predicted octanol–water partition coefficient (Wildman–Crippen LogP) is 4.76. The van der Waals surface area contributed by atoms with Crippen molar-refractivity contribution in [2.24, 2.45) is 0 Å². The smallest absolute Gasteiger partial charge is 0.278 e. The SMILES string of the molecule is COc1ccccc1Cn1cnc2c3ccccc3n(Cc3cccc(C)c3)c2c1=O. The number of fused-ring (bicyclic) bond motifs is 3. The lowest BCUT2D eigenvalue weighted by Crippen LogP contribution is -2.23. The molecular formula is C26H23N3O2. The first kappa shape index (κ1) is 19.1. The molecule has 0 saturated heterocycles. The van der Waals surface area contributed by atoms with Crippen LogP contribution in [-0.4, -0.2) is 21.2 Å². The van der Waals surface area contributed by atoms with Crippen molar-refractivity contribution in [1.29, 1.82) is 0 Å². The third kappa shape index (κ3) is 3.38. The van der Waals surface area contributed by atoms with Crippen molar-refractivity contribution >= 4 is 21.9 Å². The Morgan fingerprint density at radius 2 is 1.74 bits per heavy atom. The average Bonchev–Trinajstić information content (AvgIpc) is 3.10. The number of hydrogen-bond acceptors (Lipinski definition) is 3. The summed E-state index contributed by atoms with van der Waals surface area (Å²) in [4.78, 5) is 18.3. The fourth-order valence-electron chi connectivity index (χ4n) is 4.24. The van der Waals surface area contributed by atoms with E-state index in [1.807, 2.05) is 42.5 Å². The molecule has 0 atom stereocenters. The number of para-hydroxylation sites is 2. The molecule has 31 heavy (non-hydrogen) atoms. The van der Waals surface area contributed by atoms with Gasteiger partial charge in [-0.05, 0) is 24.6 Å². The van der Waals surface area contributed by atoms with E-state index in [9.17, 15) is 4.79 Å². The minimum Gasteiger partial charge on any atom is -0.496 e. The highest BCUT2D eigenvalue weighted by atomic mass is 16.5. The van der Waals surface area contributed by atoms with Gasteiger partial charge < -0.3 is 9.30 Å². The Morgan fingerprint density at radius 3 is 2.58 bits per heavy atom. The highest BCUT2D eigenvalue weighted by Gasteiger charge is 2.17. The summed E-state index contributed by atoms with van der Waals surface area (Å²) in [7, 11) is 1.64. The van der Waals surface area contributed by atoms with Crippen LogP contribution in [0.1, 0.15) is 16.7 Å². The largest absolute Gasteiger partial charge is 0.496 e. The van der Waals surface area contributed by atoms with Crippen LogP contribution in [0.25, 0.3) is 21.9 Å². The molecule has 3 aromatic carbocycles. The summed E-state index contributed by atoms with van der Waals surface area (Å²) in [5.74, 6) is 0.759. The maximum absolute atomic E-state index is 13.6. The minimum atomic E-state index is -0.0558. The van der Waals surface area contributed by atoms with Crippen LogP contribution in [0.5, 0.6) is 5.75 Å². The van der Waals surface area contributed by atoms with E-state index in [1.54, 1.807) is 18.0 Å². The van der Waals surface area contributed by atoms with Crippen LogP contribution in [0.4, 0.5) is 0 Å². The molecule has 0 N–H and O–H groups in total. The van der Waals surface area contributed by atoms with Gasteiger partial charge in [-0.1, -0.05) is 66.2 Å². The lowest BCUT2D eigenvalue weighted by atomic mass is 10.1. The van der Waals surface area contributed by atoms with Crippen molar-refractivity contribution in [3.8, 4) is 5.75 Å². The second-order valence-corrected chi connectivity index (χ2v) is 7.78. The molecule has 5 nitrogen and oxygen atoms in total. The zero-order chi connectivity index (χ0) is 21.4. The van der Waals surface area contributed by atoms with Gasteiger partial charge in [-0.15, -0.1) is 0 Å². The molecule has 0 radical (unpaired) electrons. The van der Waals surface area contributed by atoms with Gasteiger partial charge in [0.05, 0.1) is 25.5 Å². The molecule has 5 aromatic rings. The molecule has 0 saturated carbocycles. The summed E-state index contributed by atoms with van der Waals surface area (Å²) in [6.45, 7) is 3.09. The Kier molecular flexibility index (Phi) is 4.79. The van der Waals surface area contributed by atoms with E-state index in [4.69, 9.17) is 9.72 Å². The van der Waals surface area contributed by atoms with Crippen molar-refractivity contribution in [3.63, 3.8) is 0 Å². The van der Waals surface area contributed by atoms with Crippen LogP contribution < -0.4 is 10.3 Å². The fraction of sp³-hybridized carbons (Fsp3) is 0.154. The molecule has 5 rings (SSSR count). The van der Waals surface area contributed by atoms with E-state index < -0.39 is 0 Å². The molecule has 5 heteroatoms. The lowest BCUT2D eigenvalue weighted by molar-refractivity contribution is 0.408. The highest BCUT2D eigenvalue weighted by molar-refractivity contribution is 6.05. The Bertz CT molecular complexity index is 1460. The zero-order valence-electron chi connectivity index (χ0n) is 17.6. The molecular weight excluding hydrogens is 386 g/mol. The highest BCUT2D eigenvalue weighted by Crippen LogP contribution is 2.26. The summed E-state index contributed by atoms with van der Waals surface area (Å²) in [5.41, 5.74) is 5.62. The molecule has 0 amide bonds. The van der Waals surface area contributed by atoms with Gasteiger partial charge in [0.2, 0.25) is 0 Å². The molecule has 0 fully saturated rings. The fourth-order valence-corrected chi connectivity index (χ4v) is 4.24. The summed E-state index contributed by atoms with van der Waals surface area (Å²) in [6.07, 6.45) is 1.64. The first-order valence-corrected chi connectivity index (χ1v) is 10.3. The predicted molar refractivity (Wildman–Crippen MR) is 124 cm³/mol. The summed E-state index contributed by atoms with van der Waals surface area (Å²) >= 11 is 0. The maximum atomic E-state index is 13.6. The van der Waals surface area contributed by atoms with Crippen LogP contribution in [0.3, 0.4) is 0 Å². The van der Waals surface area contributed by atoms with Crippen LogP contribution >= 0.6 is 0 Å². The van der Waals surface area contributed by atoms with Crippen LogP contribution in [-0.2, 0) is 13.1 Å². The van der Waals surface area contributed by atoms with E-state index >= 15 is 0 Å². The Labute approximate surface area is 180 Å². The van der Waals surface area contributed by atoms with Gasteiger partial charge in [-0.25, -0.2) is 4.98 Å². The Morgan fingerprint density at radius 1 is 0.935 bits per heavy atom. The lowest BCUT2D eigenvalue weighted by Gasteiger charge is -2.11. The summed E-state index contributed by atoms with van der Waals surface area (Å²) < 4.78 is 9.22. The van der Waals surface area contributed by atoms with E-state index in [-0.39, 0.29) is 5.56 Å². The molecule has 2 aromatic heterocycles. The van der Waals surface area contributed by atoms with E-state index in [2.05, 4.69) is 41.8 Å². The van der Waals surface area contributed by atoms with Gasteiger partial charge >= 0.3 is 0 Å². The second kappa shape index (κ2) is 7.76. The van der Waals surface area contributed by atoms with Gasteiger partial charge in [0.25, 0.3) is 5.56 Å². The Balaban J connectivity index is 1.71. The number of benzene rings is 3. The van der Waals surface area contributed by atoms with E-state index in [0.717, 1.165) is 33.3 Å². The monoisotopic (exact) mass is 409 g/mol. The number of rotatable bonds is 5. The zero-order valence-corrected chi connectivity index (χ0v) is 17.6. The van der Waals surface area contributed by atoms with Crippen molar-refractivity contribution in [2.45, 2.75) is 20.0 Å². The molecule has 0 spiro atoms. The molecule has 0 aliphatic rings. The van der Waals surface area contributed by atoms with Gasteiger partial charge in [0.1, 0.15) is 16.8 Å². The van der Waals surface area contributed by atoms with Gasteiger partial charge in [-0.2, -0.15) is 0 Å². The van der Waals surface area contributed by atoms with Gasteiger partial charge in [0, 0.05) is 17.5 Å². The van der Waals surface area contributed by atoms with Gasteiger partial charge in [0.15, 0.2) is 0 Å². The van der Waals surface area contributed by atoms with E-state index in [1.165, 1.54) is 5.56 Å². The van der Waals surface area contributed by atoms with Crippen LogP contribution in [0, 0.1) is 6.92 Å². The van der Waals surface area contributed by atoms with Crippen LogP contribution in [0.2, 0.25) is 0 Å². The third-order valence-electron chi connectivity index (χ3n) is 5.69. The maximum Gasteiger partial charge on any atom is 0.278 e. The Hall–Kier alpha value is -3.86. The van der Waals surface area contributed by atoms with Gasteiger partial charge in [-0.3, -0.25) is 9.36 Å². The number of ether oxygens (including phenoxy) is 1. The van der Waals surface area contributed by atoms with Crippen LogP contribution in [0.15, 0.2) is 83.9 Å². The quantitative estimate of drug-likeness (QED) is 0.420. The number of nitrogens with zero attached hydrogens (tertiary/aromatic N) is 3. The normalized spacial score (nSPS) is 11.3. The van der Waals surface area contributed by atoms with E-state index in [0.29, 0.717) is 18.6 Å². The molecule has 0 unspecified atom stereocenters. The molecule has 2 heterocycles.